The van der Waals surface area contributed by atoms with E-state index in [0.29, 0.717) is 0 Å². The number of aldehydes is 1. The van der Waals surface area contributed by atoms with Crippen LogP contribution in [0.25, 0.3) is 6.08 Å². The van der Waals surface area contributed by atoms with Crippen LogP contribution in [-0.2, 0) is 0 Å². The van der Waals surface area contributed by atoms with Crippen LogP contribution in [0.1, 0.15) is 27.9 Å². The van der Waals surface area contributed by atoms with Gasteiger partial charge >= 0.3 is 0 Å². The van der Waals surface area contributed by atoms with Gasteiger partial charge in [-0.2, -0.15) is 12.6 Å². The van der Waals surface area contributed by atoms with E-state index < -0.39 is 0 Å². The molecule has 0 aromatic heterocycles. The fraction of sp³-hybridized carbons (Fsp3) is 0.250. The number of aryl methyl sites for hydroxylation is 1. The van der Waals surface area contributed by atoms with Crippen LogP contribution in [0.2, 0.25) is 0 Å². The summed E-state index contributed by atoms with van der Waals surface area (Å²) < 4.78 is 0. The van der Waals surface area contributed by atoms with Crippen molar-refractivity contribution in [2.24, 2.45) is 0 Å². The van der Waals surface area contributed by atoms with Crippen LogP contribution >= 0.6 is 12.6 Å². The molecule has 0 unspecified atom stereocenters. The van der Waals surface area contributed by atoms with Crippen LogP contribution in [0.4, 0.5) is 0 Å². The summed E-state index contributed by atoms with van der Waals surface area (Å²) in [6.07, 6.45) is 5.92. The third-order valence-corrected chi connectivity index (χ3v) is 2.12. The van der Waals surface area contributed by atoms with Gasteiger partial charge in [0, 0.05) is 5.56 Å². The molecule has 0 aliphatic heterocycles. The Labute approximate surface area is 90.2 Å². The first-order valence-electron chi connectivity index (χ1n) is 4.60. The summed E-state index contributed by atoms with van der Waals surface area (Å²) >= 11 is 4.12. The van der Waals surface area contributed by atoms with Crippen molar-refractivity contribution >= 4 is 25.0 Å². The molecule has 0 radical (unpaired) electrons. The summed E-state index contributed by atoms with van der Waals surface area (Å²) in [6.45, 7) is 1.99. The smallest absolute Gasteiger partial charge is 0.150 e. The highest BCUT2D eigenvalue weighted by molar-refractivity contribution is 7.80. The minimum atomic E-state index is 0.732. The van der Waals surface area contributed by atoms with E-state index >= 15 is 0 Å². The largest absolute Gasteiger partial charge is 0.298 e. The summed E-state index contributed by atoms with van der Waals surface area (Å²) in [5.74, 6) is 0.850. The summed E-state index contributed by atoms with van der Waals surface area (Å²) in [7, 11) is 0. The highest BCUT2D eigenvalue weighted by Crippen LogP contribution is 2.10. The Balaban J connectivity index is 2.86. The standard InChI is InChI=1S/C12H14OS/c1-10-6-11(4-2-3-5-14)8-12(7-10)9-13/h2,4,6-9,14H,3,5H2,1H3. The second-order valence-electron chi connectivity index (χ2n) is 3.21. The molecule has 0 aliphatic carbocycles. The minimum absolute atomic E-state index is 0.732. The Morgan fingerprint density at radius 3 is 2.64 bits per heavy atom. The average Bonchev–Trinajstić information content (AvgIpc) is 2.17. The van der Waals surface area contributed by atoms with Crippen molar-refractivity contribution < 1.29 is 4.79 Å². The minimum Gasteiger partial charge on any atom is -0.298 e. The highest BCUT2D eigenvalue weighted by Gasteiger charge is 1.94. The number of rotatable bonds is 4. The summed E-state index contributed by atoms with van der Waals surface area (Å²) in [5.41, 5.74) is 2.92. The first kappa shape index (κ1) is 11.1. The van der Waals surface area contributed by atoms with Crippen molar-refractivity contribution in [1.82, 2.24) is 0 Å². The van der Waals surface area contributed by atoms with Crippen LogP contribution in [0.3, 0.4) is 0 Å². The summed E-state index contributed by atoms with van der Waals surface area (Å²) in [4.78, 5) is 10.6. The van der Waals surface area contributed by atoms with E-state index in [2.05, 4.69) is 24.8 Å². The number of thiol groups is 1. The fourth-order valence-corrected chi connectivity index (χ4v) is 1.45. The van der Waals surface area contributed by atoms with E-state index in [1.54, 1.807) is 0 Å². The molecular formula is C12H14OS. The van der Waals surface area contributed by atoms with Gasteiger partial charge in [0.2, 0.25) is 0 Å². The predicted molar refractivity (Wildman–Crippen MR) is 64.1 cm³/mol. The normalized spacial score (nSPS) is 10.7. The highest BCUT2D eigenvalue weighted by atomic mass is 32.1. The van der Waals surface area contributed by atoms with E-state index in [4.69, 9.17) is 0 Å². The summed E-state index contributed by atoms with van der Waals surface area (Å²) in [6, 6.07) is 5.82. The molecule has 0 aliphatic rings. The van der Waals surface area contributed by atoms with E-state index in [-0.39, 0.29) is 0 Å². The van der Waals surface area contributed by atoms with Crippen LogP contribution in [0.15, 0.2) is 24.3 Å². The lowest BCUT2D eigenvalue weighted by atomic mass is 10.1. The molecule has 0 spiro atoms. The molecule has 0 fully saturated rings. The number of benzene rings is 1. The Kier molecular flexibility index (Phi) is 4.47. The van der Waals surface area contributed by atoms with Gasteiger partial charge in [-0.05, 0) is 42.4 Å². The van der Waals surface area contributed by atoms with Gasteiger partial charge in [0.15, 0.2) is 0 Å². The molecule has 0 saturated heterocycles. The molecule has 14 heavy (non-hydrogen) atoms. The molecule has 1 aromatic rings. The van der Waals surface area contributed by atoms with Gasteiger partial charge in [0.1, 0.15) is 6.29 Å². The van der Waals surface area contributed by atoms with Crippen molar-refractivity contribution in [1.29, 1.82) is 0 Å². The van der Waals surface area contributed by atoms with Crippen LogP contribution in [0, 0.1) is 6.92 Å². The van der Waals surface area contributed by atoms with Gasteiger partial charge in [-0.25, -0.2) is 0 Å². The SMILES string of the molecule is Cc1cc(C=O)cc(C=CCCS)c1. The molecule has 0 N–H and O–H groups in total. The quantitative estimate of drug-likeness (QED) is 0.591. The van der Waals surface area contributed by atoms with Crippen LogP contribution in [-0.4, -0.2) is 12.0 Å². The number of allylic oxidation sites excluding steroid dienone is 1. The van der Waals surface area contributed by atoms with Crippen molar-refractivity contribution in [2.75, 3.05) is 5.75 Å². The van der Waals surface area contributed by atoms with Crippen molar-refractivity contribution in [3.05, 3.63) is 41.0 Å². The maximum Gasteiger partial charge on any atom is 0.150 e. The Morgan fingerprint density at radius 2 is 2.00 bits per heavy atom. The monoisotopic (exact) mass is 206 g/mol. The lowest BCUT2D eigenvalue weighted by Gasteiger charge is -1.98. The molecule has 74 valence electrons. The Morgan fingerprint density at radius 1 is 1.29 bits per heavy atom. The third kappa shape index (κ3) is 3.38. The Bertz CT molecular complexity index is 342. The second-order valence-corrected chi connectivity index (χ2v) is 3.66. The molecule has 0 saturated carbocycles. The van der Waals surface area contributed by atoms with E-state index in [1.165, 1.54) is 0 Å². The first-order valence-corrected chi connectivity index (χ1v) is 5.24. The van der Waals surface area contributed by atoms with Gasteiger partial charge < -0.3 is 0 Å². The number of hydrogen-bond donors (Lipinski definition) is 1. The maximum atomic E-state index is 10.6. The topological polar surface area (TPSA) is 17.1 Å². The maximum absolute atomic E-state index is 10.6. The lowest BCUT2D eigenvalue weighted by molar-refractivity contribution is 0.112. The molecule has 1 rings (SSSR count). The number of carbonyl (C=O) groups is 1. The fourth-order valence-electron chi connectivity index (χ4n) is 1.30. The summed E-state index contributed by atoms with van der Waals surface area (Å²) in [5, 5.41) is 0. The third-order valence-electron chi connectivity index (χ3n) is 1.86. The average molecular weight is 206 g/mol. The Hall–Kier alpha value is -1.02. The van der Waals surface area contributed by atoms with Gasteiger partial charge in [-0.1, -0.05) is 18.2 Å². The van der Waals surface area contributed by atoms with Crippen molar-refractivity contribution in [2.45, 2.75) is 13.3 Å². The number of hydrogen-bond acceptors (Lipinski definition) is 2. The van der Waals surface area contributed by atoms with Crippen LogP contribution < -0.4 is 0 Å². The number of carbonyl (C=O) groups excluding carboxylic acids is 1. The molecule has 0 atom stereocenters. The van der Waals surface area contributed by atoms with Crippen molar-refractivity contribution in [3.63, 3.8) is 0 Å². The van der Waals surface area contributed by atoms with Gasteiger partial charge in [0.05, 0.1) is 0 Å². The zero-order chi connectivity index (χ0) is 10.4. The molecular weight excluding hydrogens is 192 g/mol. The zero-order valence-corrected chi connectivity index (χ0v) is 9.13. The molecule has 0 bridgehead atoms. The van der Waals surface area contributed by atoms with Gasteiger partial charge in [-0.15, -0.1) is 0 Å². The molecule has 0 amide bonds. The van der Waals surface area contributed by atoms with E-state index in [1.807, 2.05) is 25.1 Å². The zero-order valence-electron chi connectivity index (χ0n) is 8.23. The molecule has 2 heteroatoms. The molecule has 0 heterocycles. The van der Waals surface area contributed by atoms with Crippen molar-refractivity contribution in [3.8, 4) is 0 Å². The predicted octanol–water partition coefficient (Wildman–Crippen LogP) is 3.14. The second kappa shape index (κ2) is 5.66. The lowest BCUT2D eigenvalue weighted by Crippen LogP contribution is -1.84. The first-order chi connectivity index (χ1) is 6.76. The molecule has 1 nitrogen and oxygen atoms in total. The van der Waals surface area contributed by atoms with Gasteiger partial charge in [-0.3, -0.25) is 4.79 Å². The van der Waals surface area contributed by atoms with E-state index in [0.717, 1.165) is 35.2 Å². The van der Waals surface area contributed by atoms with Crippen LogP contribution in [0.5, 0.6) is 0 Å². The molecule has 1 aromatic carbocycles. The van der Waals surface area contributed by atoms with E-state index in [9.17, 15) is 4.79 Å². The van der Waals surface area contributed by atoms with Gasteiger partial charge in [0.25, 0.3) is 0 Å².